The van der Waals surface area contributed by atoms with Crippen molar-refractivity contribution in [1.29, 1.82) is 0 Å². The Morgan fingerprint density at radius 2 is 1.65 bits per heavy atom. The summed E-state index contributed by atoms with van der Waals surface area (Å²) in [4.78, 5) is 53.3. The molecule has 8 N–H and O–H groups in total. The summed E-state index contributed by atoms with van der Waals surface area (Å²) in [6.07, 6.45) is 1.60. The molecule has 184 valence electrons. The van der Waals surface area contributed by atoms with E-state index in [0.29, 0.717) is 15.6 Å². The molecule has 0 aliphatic heterocycles. The molecule has 3 atom stereocenters. The van der Waals surface area contributed by atoms with E-state index in [1.165, 1.54) is 43.5 Å². The van der Waals surface area contributed by atoms with Gasteiger partial charge in [0.15, 0.2) is 5.13 Å². The van der Waals surface area contributed by atoms with Crippen molar-refractivity contribution in [3.8, 4) is 5.75 Å². The van der Waals surface area contributed by atoms with E-state index in [2.05, 4.69) is 26.3 Å². The van der Waals surface area contributed by atoms with Crippen molar-refractivity contribution >= 4 is 40.1 Å². The molecule has 4 amide bonds. The summed E-state index contributed by atoms with van der Waals surface area (Å²) in [7, 11) is 0. The predicted octanol–water partition coefficient (Wildman–Crippen LogP) is -1.02. The number of primary amides is 1. The predicted molar refractivity (Wildman–Crippen MR) is 125 cm³/mol. The molecule has 2 aromatic rings. The quantitative estimate of drug-likeness (QED) is 0.195. The van der Waals surface area contributed by atoms with Gasteiger partial charge < -0.3 is 37.2 Å². The second kappa shape index (κ2) is 12.5. The van der Waals surface area contributed by atoms with Gasteiger partial charge in [0.2, 0.25) is 23.6 Å². The Bertz CT molecular complexity index is 1010. The molecule has 13 heteroatoms. The topological polar surface area (TPSA) is 196 Å². The van der Waals surface area contributed by atoms with Gasteiger partial charge in [0.05, 0.1) is 18.0 Å². The highest BCUT2D eigenvalue weighted by atomic mass is 32.1. The third-order valence-electron chi connectivity index (χ3n) is 4.67. The fourth-order valence-corrected chi connectivity index (χ4v) is 3.44. The first kappa shape index (κ1) is 26.5. The van der Waals surface area contributed by atoms with Crippen LogP contribution in [0.25, 0.3) is 0 Å². The highest BCUT2D eigenvalue weighted by Gasteiger charge is 2.25. The van der Waals surface area contributed by atoms with Crippen LogP contribution < -0.4 is 27.0 Å². The summed E-state index contributed by atoms with van der Waals surface area (Å²) < 4.78 is 0. The molecule has 1 aromatic carbocycles. The van der Waals surface area contributed by atoms with Crippen LogP contribution in [0.5, 0.6) is 5.75 Å². The number of nitrogens with zero attached hydrogens (tertiary/aromatic N) is 1. The van der Waals surface area contributed by atoms with Crippen LogP contribution in [0.15, 0.2) is 30.5 Å². The number of aliphatic hydroxyl groups is 1. The zero-order valence-electron chi connectivity index (χ0n) is 18.7. The lowest BCUT2D eigenvalue weighted by atomic mass is 10.0. The lowest BCUT2D eigenvalue weighted by Gasteiger charge is -2.21. The lowest BCUT2D eigenvalue weighted by molar-refractivity contribution is -0.132. The number of aromatic hydroxyl groups is 1. The molecule has 1 heterocycles. The van der Waals surface area contributed by atoms with Crippen molar-refractivity contribution in [2.75, 3.05) is 11.9 Å². The number of aliphatic hydroxyl groups excluding tert-OH is 1. The van der Waals surface area contributed by atoms with Gasteiger partial charge in [-0.05, 0) is 31.5 Å². The molecule has 34 heavy (non-hydrogen) atoms. The average Bonchev–Trinajstić information content (AvgIpc) is 3.26. The number of nitrogens with two attached hydrogens (primary N) is 1. The van der Waals surface area contributed by atoms with Crippen LogP contribution >= 0.6 is 11.3 Å². The Labute approximate surface area is 200 Å². The number of carbonyl (C=O) groups excluding carboxylic acids is 4. The van der Waals surface area contributed by atoms with Crippen LogP contribution in [0.2, 0.25) is 0 Å². The number of hydrogen-bond donors (Lipinski definition) is 7. The molecule has 1 aromatic heterocycles. The first-order chi connectivity index (χ1) is 16.1. The Balaban J connectivity index is 1.81. The van der Waals surface area contributed by atoms with Crippen molar-refractivity contribution in [2.24, 2.45) is 5.73 Å². The molecule has 0 saturated heterocycles. The van der Waals surface area contributed by atoms with E-state index >= 15 is 0 Å². The van der Waals surface area contributed by atoms with Crippen LogP contribution in [-0.2, 0) is 32.2 Å². The molecular formula is C21H28N6O6S. The fourth-order valence-electron chi connectivity index (χ4n) is 2.77. The molecular weight excluding hydrogens is 464 g/mol. The van der Waals surface area contributed by atoms with Gasteiger partial charge in [-0.2, -0.15) is 0 Å². The smallest absolute Gasteiger partial charge is 0.242 e. The number of rotatable bonds is 12. The first-order valence-electron chi connectivity index (χ1n) is 10.4. The summed E-state index contributed by atoms with van der Waals surface area (Å²) in [5.41, 5.74) is 6.06. The Morgan fingerprint density at radius 1 is 1.03 bits per heavy atom. The molecule has 0 radical (unpaired) electrons. The molecule has 0 aliphatic carbocycles. The van der Waals surface area contributed by atoms with Crippen LogP contribution in [0.4, 0.5) is 5.13 Å². The van der Waals surface area contributed by atoms with Gasteiger partial charge in [0.1, 0.15) is 23.9 Å². The Hall–Kier alpha value is -3.71. The van der Waals surface area contributed by atoms with Crippen molar-refractivity contribution in [3.05, 3.63) is 40.9 Å². The maximum absolute atomic E-state index is 12.5. The number of nitrogens with one attached hydrogen (secondary N) is 4. The van der Waals surface area contributed by atoms with Gasteiger partial charge in [0.25, 0.3) is 0 Å². The van der Waals surface area contributed by atoms with Crippen LogP contribution in [0.1, 0.15) is 24.3 Å². The third-order valence-corrected chi connectivity index (χ3v) is 5.61. The van der Waals surface area contributed by atoms with E-state index in [1.807, 2.05) is 0 Å². The first-order valence-corrected chi connectivity index (χ1v) is 11.2. The lowest BCUT2D eigenvalue weighted by Crippen LogP contribution is -2.55. The van der Waals surface area contributed by atoms with E-state index in [9.17, 15) is 24.3 Å². The largest absolute Gasteiger partial charge is 0.508 e. The number of thiazole rings is 1. The highest BCUT2D eigenvalue weighted by molar-refractivity contribution is 7.15. The van der Waals surface area contributed by atoms with Crippen molar-refractivity contribution in [1.82, 2.24) is 20.9 Å². The SMILES string of the molecule is CC(NC(=O)CNc1ncc(CO)s1)C(=O)NC(C)C(=O)NC(Cc1ccc(O)cc1)C(N)=O. The van der Waals surface area contributed by atoms with Gasteiger partial charge in [-0.1, -0.05) is 23.5 Å². The molecule has 0 saturated carbocycles. The number of hydrogen-bond acceptors (Lipinski definition) is 9. The van der Waals surface area contributed by atoms with Gasteiger partial charge in [0, 0.05) is 12.6 Å². The van der Waals surface area contributed by atoms with E-state index in [-0.39, 0.29) is 25.3 Å². The normalized spacial score (nSPS) is 13.3. The van der Waals surface area contributed by atoms with Crippen molar-refractivity contribution in [2.45, 2.75) is 45.0 Å². The maximum Gasteiger partial charge on any atom is 0.242 e. The monoisotopic (exact) mass is 492 g/mol. The van der Waals surface area contributed by atoms with Crippen LogP contribution in [0.3, 0.4) is 0 Å². The molecule has 0 fully saturated rings. The second-order valence-electron chi connectivity index (χ2n) is 7.50. The summed E-state index contributed by atoms with van der Waals surface area (Å²) in [6, 6.07) is 3.15. The Kier molecular flexibility index (Phi) is 9.76. The molecule has 3 unspecified atom stereocenters. The second-order valence-corrected chi connectivity index (χ2v) is 8.61. The van der Waals surface area contributed by atoms with E-state index in [0.717, 1.165) is 0 Å². The average molecular weight is 493 g/mol. The number of phenolic OH excluding ortho intramolecular Hbond substituents is 1. The van der Waals surface area contributed by atoms with Gasteiger partial charge in [-0.15, -0.1) is 0 Å². The number of aromatic nitrogens is 1. The minimum atomic E-state index is -1.02. The van der Waals surface area contributed by atoms with Gasteiger partial charge in [-0.3, -0.25) is 19.2 Å². The summed E-state index contributed by atoms with van der Waals surface area (Å²) in [6.45, 7) is 2.61. The van der Waals surface area contributed by atoms with Crippen molar-refractivity contribution < 1.29 is 29.4 Å². The number of carbonyl (C=O) groups is 4. The number of amides is 4. The van der Waals surface area contributed by atoms with Crippen LogP contribution in [0, 0.1) is 0 Å². The zero-order valence-corrected chi connectivity index (χ0v) is 19.5. The van der Waals surface area contributed by atoms with Gasteiger partial charge in [-0.25, -0.2) is 4.98 Å². The minimum absolute atomic E-state index is 0.0655. The molecule has 0 bridgehead atoms. The molecule has 0 aliphatic rings. The molecule has 0 spiro atoms. The van der Waals surface area contributed by atoms with E-state index < -0.39 is 41.8 Å². The molecule has 12 nitrogen and oxygen atoms in total. The number of benzene rings is 1. The standard InChI is InChI=1S/C21H28N6O6S/c1-11(25-17(30)9-24-21-23-8-15(10-28)34-21)19(32)26-12(2)20(33)27-16(18(22)31)7-13-3-5-14(29)6-4-13/h3-6,8,11-12,16,28-29H,7,9-10H2,1-2H3,(H2,22,31)(H,23,24)(H,25,30)(H,26,32)(H,27,33). The highest BCUT2D eigenvalue weighted by Crippen LogP contribution is 2.17. The maximum atomic E-state index is 12.5. The van der Waals surface area contributed by atoms with Crippen LogP contribution in [-0.4, -0.2) is 63.5 Å². The summed E-state index contributed by atoms with van der Waals surface area (Å²) in [5.74, 6) is -2.38. The zero-order chi connectivity index (χ0) is 25.3. The summed E-state index contributed by atoms with van der Waals surface area (Å²) >= 11 is 1.20. The minimum Gasteiger partial charge on any atom is -0.508 e. The fraction of sp³-hybridized carbons (Fsp3) is 0.381. The number of phenols is 1. The van der Waals surface area contributed by atoms with Gasteiger partial charge >= 0.3 is 0 Å². The third kappa shape index (κ3) is 8.33. The van der Waals surface area contributed by atoms with E-state index in [4.69, 9.17) is 10.8 Å². The number of anilines is 1. The summed E-state index contributed by atoms with van der Waals surface area (Å²) in [5, 5.41) is 29.1. The van der Waals surface area contributed by atoms with Crippen molar-refractivity contribution in [3.63, 3.8) is 0 Å². The molecule has 2 rings (SSSR count). The van der Waals surface area contributed by atoms with E-state index in [1.54, 1.807) is 12.1 Å². The Morgan fingerprint density at radius 3 is 2.24 bits per heavy atom.